The van der Waals surface area contributed by atoms with Gasteiger partial charge in [0.05, 0.1) is 11.5 Å². The predicted octanol–water partition coefficient (Wildman–Crippen LogP) is 3.69. The standard InChI is InChI=1S/C19H18N4O3S/c24-17(21-19-20-11-18(27-19)23(25)26)14-22(12-15-7-3-1-4-8-15)13-16-9-5-2-6-10-16/h1-11H,12-14H2,(H,20,21,24). The number of aromatic nitrogens is 1. The molecule has 3 rings (SSSR count). The number of hydrogen-bond donors (Lipinski definition) is 1. The van der Waals surface area contributed by atoms with E-state index in [9.17, 15) is 14.9 Å². The number of amides is 1. The van der Waals surface area contributed by atoms with Gasteiger partial charge in [0.1, 0.15) is 6.20 Å². The molecule has 1 amide bonds. The highest BCUT2D eigenvalue weighted by Gasteiger charge is 2.16. The molecule has 1 aromatic heterocycles. The van der Waals surface area contributed by atoms with E-state index < -0.39 is 4.92 Å². The number of carbonyl (C=O) groups is 1. The van der Waals surface area contributed by atoms with Crippen molar-refractivity contribution in [3.8, 4) is 0 Å². The van der Waals surface area contributed by atoms with E-state index in [0.717, 1.165) is 28.7 Å². The molecule has 1 N–H and O–H groups in total. The number of carbonyl (C=O) groups excluding carboxylic acids is 1. The van der Waals surface area contributed by atoms with Gasteiger partial charge in [0.2, 0.25) is 5.91 Å². The number of nitro groups is 1. The van der Waals surface area contributed by atoms with Gasteiger partial charge in [0, 0.05) is 13.1 Å². The SMILES string of the molecule is O=C(CN(Cc1ccccc1)Cc1ccccc1)Nc1ncc([N+](=O)[O-])s1. The average molecular weight is 382 g/mol. The molecule has 138 valence electrons. The molecule has 0 unspecified atom stereocenters. The third-order valence-corrected chi connectivity index (χ3v) is 4.65. The number of rotatable bonds is 8. The summed E-state index contributed by atoms with van der Waals surface area (Å²) >= 11 is 0.844. The molecule has 0 fully saturated rings. The smallest absolute Gasteiger partial charge is 0.301 e. The lowest BCUT2D eigenvalue weighted by Gasteiger charge is -2.21. The molecule has 1 heterocycles. The lowest BCUT2D eigenvalue weighted by atomic mass is 10.1. The minimum absolute atomic E-state index is 0.101. The van der Waals surface area contributed by atoms with Crippen molar-refractivity contribution < 1.29 is 9.72 Å². The molecule has 8 heteroatoms. The highest BCUT2D eigenvalue weighted by Crippen LogP contribution is 2.24. The van der Waals surface area contributed by atoms with Gasteiger partial charge in [-0.2, -0.15) is 0 Å². The Morgan fingerprint density at radius 3 is 2.07 bits per heavy atom. The number of nitrogens with zero attached hydrogens (tertiary/aromatic N) is 3. The quantitative estimate of drug-likeness (QED) is 0.474. The van der Waals surface area contributed by atoms with Crippen LogP contribution in [-0.4, -0.2) is 27.3 Å². The maximum absolute atomic E-state index is 12.4. The third-order valence-electron chi connectivity index (χ3n) is 3.79. The van der Waals surface area contributed by atoms with Crippen LogP contribution in [0, 0.1) is 10.1 Å². The van der Waals surface area contributed by atoms with Crippen molar-refractivity contribution in [2.75, 3.05) is 11.9 Å². The molecule has 2 aromatic carbocycles. The summed E-state index contributed by atoms with van der Waals surface area (Å²) in [5.74, 6) is -0.258. The van der Waals surface area contributed by atoms with E-state index >= 15 is 0 Å². The zero-order chi connectivity index (χ0) is 19.1. The number of hydrogen-bond acceptors (Lipinski definition) is 6. The Bertz CT molecular complexity index is 858. The van der Waals surface area contributed by atoms with E-state index in [1.165, 1.54) is 0 Å². The summed E-state index contributed by atoms with van der Waals surface area (Å²) in [4.78, 5) is 28.5. The summed E-state index contributed by atoms with van der Waals surface area (Å²) in [6.45, 7) is 1.37. The van der Waals surface area contributed by atoms with E-state index in [0.29, 0.717) is 13.1 Å². The second kappa shape index (κ2) is 9.02. The first-order valence-corrected chi connectivity index (χ1v) is 9.12. The molecule has 0 bridgehead atoms. The van der Waals surface area contributed by atoms with Gasteiger partial charge in [-0.05, 0) is 22.5 Å². The average Bonchev–Trinajstić information content (AvgIpc) is 3.12. The summed E-state index contributed by atoms with van der Waals surface area (Å²) in [5, 5.41) is 13.5. The lowest BCUT2D eigenvalue weighted by Crippen LogP contribution is -2.32. The number of nitrogens with one attached hydrogen (secondary N) is 1. The van der Waals surface area contributed by atoms with Crippen LogP contribution in [0.1, 0.15) is 11.1 Å². The van der Waals surface area contributed by atoms with Gasteiger partial charge in [0.25, 0.3) is 0 Å². The van der Waals surface area contributed by atoms with Crippen molar-refractivity contribution in [3.05, 3.63) is 88.1 Å². The molecule has 0 aliphatic heterocycles. The fraction of sp³-hybridized carbons (Fsp3) is 0.158. The summed E-state index contributed by atoms with van der Waals surface area (Å²) in [7, 11) is 0. The molecule has 0 radical (unpaired) electrons. The summed E-state index contributed by atoms with van der Waals surface area (Å²) in [6, 6.07) is 19.8. The van der Waals surface area contributed by atoms with Crippen molar-refractivity contribution in [1.82, 2.24) is 9.88 Å². The Balaban J connectivity index is 1.67. The van der Waals surface area contributed by atoms with Crippen molar-refractivity contribution in [2.24, 2.45) is 0 Å². The van der Waals surface area contributed by atoms with E-state index in [2.05, 4.69) is 10.3 Å². The molecule has 0 saturated carbocycles. The van der Waals surface area contributed by atoms with Gasteiger partial charge in [-0.15, -0.1) is 0 Å². The Morgan fingerprint density at radius 1 is 1.04 bits per heavy atom. The Morgan fingerprint density at radius 2 is 1.59 bits per heavy atom. The van der Waals surface area contributed by atoms with E-state index in [1.807, 2.05) is 65.6 Å². The number of benzene rings is 2. The summed E-state index contributed by atoms with van der Waals surface area (Å²) in [5.41, 5.74) is 2.21. The molecular formula is C19H18N4O3S. The first-order valence-electron chi connectivity index (χ1n) is 8.30. The first-order chi connectivity index (χ1) is 13.1. The third kappa shape index (κ3) is 5.70. The van der Waals surface area contributed by atoms with E-state index in [1.54, 1.807) is 0 Å². The molecule has 0 aliphatic rings. The molecule has 0 aliphatic carbocycles. The fourth-order valence-electron chi connectivity index (χ4n) is 2.62. The van der Waals surface area contributed by atoms with E-state index in [-0.39, 0.29) is 22.6 Å². The van der Waals surface area contributed by atoms with Crippen molar-refractivity contribution in [3.63, 3.8) is 0 Å². The molecule has 3 aromatic rings. The number of anilines is 1. The van der Waals surface area contributed by atoms with Crippen molar-refractivity contribution in [1.29, 1.82) is 0 Å². The fourth-order valence-corrected chi connectivity index (χ4v) is 3.27. The highest BCUT2D eigenvalue weighted by molar-refractivity contribution is 7.18. The lowest BCUT2D eigenvalue weighted by molar-refractivity contribution is -0.380. The minimum atomic E-state index is -0.523. The summed E-state index contributed by atoms with van der Waals surface area (Å²) in [6.07, 6.45) is 1.14. The van der Waals surface area contributed by atoms with Gasteiger partial charge in [0.15, 0.2) is 5.13 Å². The molecule has 7 nitrogen and oxygen atoms in total. The zero-order valence-electron chi connectivity index (χ0n) is 14.4. The number of thiazole rings is 1. The molecular weight excluding hydrogens is 364 g/mol. The minimum Gasteiger partial charge on any atom is -0.301 e. The van der Waals surface area contributed by atoms with Gasteiger partial charge in [-0.3, -0.25) is 19.8 Å². The van der Waals surface area contributed by atoms with Crippen LogP contribution in [0.15, 0.2) is 66.9 Å². The van der Waals surface area contributed by atoms with Gasteiger partial charge >= 0.3 is 5.00 Å². The normalized spacial score (nSPS) is 10.7. The van der Waals surface area contributed by atoms with Gasteiger partial charge < -0.3 is 5.32 Å². The molecule has 0 saturated heterocycles. The monoisotopic (exact) mass is 382 g/mol. The first kappa shape index (κ1) is 18.7. The van der Waals surface area contributed by atoms with Crippen LogP contribution in [-0.2, 0) is 17.9 Å². The van der Waals surface area contributed by atoms with Gasteiger partial charge in [-0.25, -0.2) is 4.98 Å². The second-order valence-electron chi connectivity index (χ2n) is 5.93. The van der Waals surface area contributed by atoms with Crippen LogP contribution in [0.4, 0.5) is 10.1 Å². The molecule has 0 atom stereocenters. The van der Waals surface area contributed by atoms with Crippen LogP contribution in [0.3, 0.4) is 0 Å². The van der Waals surface area contributed by atoms with Crippen LogP contribution < -0.4 is 5.32 Å². The van der Waals surface area contributed by atoms with Crippen LogP contribution >= 0.6 is 11.3 Å². The maximum atomic E-state index is 12.4. The van der Waals surface area contributed by atoms with E-state index in [4.69, 9.17) is 0 Å². The van der Waals surface area contributed by atoms with Crippen LogP contribution in [0.5, 0.6) is 0 Å². The zero-order valence-corrected chi connectivity index (χ0v) is 15.3. The van der Waals surface area contributed by atoms with Crippen molar-refractivity contribution in [2.45, 2.75) is 13.1 Å². The predicted molar refractivity (Wildman–Crippen MR) is 104 cm³/mol. The Hall–Kier alpha value is -3.10. The Labute approximate surface area is 160 Å². The van der Waals surface area contributed by atoms with Crippen LogP contribution in [0.25, 0.3) is 0 Å². The second-order valence-corrected chi connectivity index (χ2v) is 6.93. The maximum Gasteiger partial charge on any atom is 0.345 e. The molecule has 0 spiro atoms. The van der Waals surface area contributed by atoms with Crippen molar-refractivity contribution >= 4 is 27.4 Å². The van der Waals surface area contributed by atoms with Gasteiger partial charge in [-0.1, -0.05) is 60.7 Å². The largest absolute Gasteiger partial charge is 0.345 e. The Kier molecular flexibility index (Phi) is 6.24. The highest BCUT2D eigenvalue weighted by atomic mass is 32.1. The summed E-state index contributed by atoms with van der Waals surface area (Å²) < 4.78 is 0. The molecule has 27 heavy (non-hydrogen) atoms. The van der Waals surface area contributed by atoms with Crippen LogP contribution in [0.2, 0.25) is 0 Å². The topological polar surface area (TPSA) is 88.4 Å².